The Kier molecular flexibility index (Phi) is 9.74. The number of hydrogen-bond acceptors (Lipinski definition) is 6. The number of nitro groups is 1. The van der Waals surface area contributed by atoms with E-state index in [1.165, 1.54) is 12.1 Å². The summed E-state index contributed by atoms with van der Waals surface area (Å²) in [6.07, 6.45) is 2.55. The van der Waals surface area contributed by atoms with Crippen LogP contribution in [0.15, 0.2) is 23.1 Å². The monoisotopic (exact) mass is 401 g/mol. The summed E-state index contributed by atoms with van der Waals surface area (Å²) < 4.78 is 17.1. The first-order chi connectivity index (χ1) is 12.4. The molecule has 144 valence electrons. The molecule has 8 nitrogen and oxygen atoms in total. The van der Waals surface area contributed by atoms with Crippen LogP contribution in [0.2, 0.25) is 0 Å². The van der Waals surface area contributed by atoms with Crippen LogP contribution in [-0.2, 0) is 15.5 Å². The predicted octanol–water partition coefficient (Wildman–Crippen LogP) is 3.73. The van der Waals surface area contributed by atoms with Gasteiger partial charge in [0, 0.05) is 16.7 Å². The topological polar surface area (TPSA) is 111 Å². The van der Waals surface area contributed by atoms with E-state index in [1.54, 1.807) is 6.07 Å². The Bertz CT molecular complexity index is 682. The molecule has 0 fully saturated rings. The number of nitrogens with zero attached hydrogens (tertiary/aromatic N) is 1. The Morgan fingerprint density at radius 2 is 2.00 bits per heavy atom. The number of ether oxygens (including phenoxy) is 1. The van der Waals surface area contributed by atoms with Crippen LogP contribution in [0.5, 0.6) is 0 Å². The highest BCUT2D eigenvalue weighted by atomic mass is 32.2. The molecule has 2 N–H and O–H groups in total. The molecule has 0 spiro atoms. The molecule has 1 atom stereocenters. The molecule has 26 heavy (non-hydrogen) atoms. The van der Waals surface area contributed by atoms with Crippen molar-refractivity contribution in [2.75, 3.05) is 17.7 Å². The third-order valence-electron chi connectivity index (χ3n) is 3.31. The highest BCUT2D eigenvalue weighted by molar-refractivity contribution is 7.85. The molecule has 10 heteroatoms. The minimum absolute atomic E-state index is 0.102. The van der Waals surface area contributed by atoms with Crippen LogP contribution in [0.25, 0.3) is 0 Å². The van der Waals surface area contributed by atoms with E-state index in [9.17, 15) is 19.1 Å². The van der Waals surface area contributed by atoms with Crippen LogP contribution in [0.3, 0.4) is 0 Å². The summed E-state index contributed by atoms with van der Waals surface area (Å²) in [6.45, 7) is 4.21. The summed E-state index contributed by atoms with van der Waals surface area (Å²) in [6, 6.07) is 4.23. The maximum atomic E-state index is 12.2. The lowest BCUT2D eigenvalue weighted by Gasteiger charge is -2.11. The van der Waals surface area contributed by atoms with Crippen molar-refractivity contribution in [2.24, 2.45) is 0 Å². The molecule has 1 aromatic carbocycles. The smallest absolute Gasteiger partial charge is 0.413 e. The van der Waals surface area contributed by atoms with Gasteiger partial charge in [-0.3, -0.25) is 19.6 Å². The van der Waals surface area contributed by atoms with Crippen molar-refractivity contribution < 1.29 is 18.7 Å². The molecule has 0 aliphatic rings. The fourth-order valence-electron chi connectivity index (χ4n) is 1.89. The van der Waals surface area contributed by atoms with Crippen LogP contribution in [-0.4, -0.2) is 32.7 Å². The fourth-order valence-corrected chi connectivity index (χ4v) is 3.34. The molecule has 0 heterocycles. The van der Waals surface area contributed by atoms with Gasteiger partial charge in [0.25, 0.3) is 5.69 Å². The Labute approximate surface area is 160 Å². The van der Waals surface area contributed by atoms with Gasteiger partial charge in [0.1, 0.15) is 5.69 Å². The van der Waals surface area contributed by atoms with Crippen molar-refractivity contribution in [1.82, 2.24) is 5.32 Å². The number of alkyl carbamates (subject to hydrolysis) is 1. The Morgan fingerprint density at radius 1 is 1.31 bits per heavy atom. The summed E-state index contributed by atoms with van der Waals surface area (Å²) in [7, 11) is -1.30. The number of amides is 1. The number of anilines is 1. The van der Waals surface area contributed by atoms with Gasteiger partial charge in [0.2, 0.25) is 0 Å². The lowest BCUT2D eigenvalue weighted by molar-refractivity contribution is -0.384. The van der Waals surface area contributed by atoms with Crippen molar-refractivity contribution in [1.29, 1.82) is 0 Å². The second kappa shape index (κ2) is 11.5. The van der Waals surface area contributed by atoms with Gasteiger partial charge < -0.3 is 10.1 Å². The third-order valence-corrected chi connectivity index (χ3v) is 4.95. The summed E-state index contributed by atoms with van der Waals surface area (Å²) in [5.74, 6) is 0.448. The van der Waals surface area contributed by atoms with Gasteiger partial charge in [-0.2, -0.15) is 0 Å². The minimum atomic E-state index is -1.30. The fraction of sp³-hybridized carbons (Fsp3) is 0.500. The van der Waals surface area contributed by atoms with E-state index in [-0.39, 0.29) is 23.1 Å². The number of benzene rings is 1. The Hall–Kier alpha value is -2.07. The molecule has 0 bridgehead atoms. The van der Waals surface area contributed by atoms with E-state index in [0.717, 1.165) is 25.7 Å². The molecule has 0 aliphatic heterocycles. The number of hydrogen-bond donors (Lipinski definition) is 2. The minimum Gasteiger partial charge on any atom is -0.449 e. The highest BCUT2D eigenvalue weighted by Crippen LogP contribution is 2.27. The SMILES string of the molecule is CCCCOC(=O)NC(=S)Nc1ccc(S(=O)CCCC)cc1[N+](=O)[O-]. The number of nitro benzene ring substituents is 1. The summed E-state index contributed by atoms with van der Waals surface area (Å²) >= 11 is 4.97. The number of rotatable bonds is 9. The van der Waals surface area contributed by atoms with Gasteiger partial charge in [-0.15, -0.1) is 0 Å². The van der Waals surface area contributed by atoms with Crippen LogP contribution >= 0.6 is 12.2 Å². The first-order valence-electron chi connectivity index (χ1n) is 8.30. The molecule has 0 saturated heterocycles. The van der Waals surface area contributed by atoms with Crippen molar-refractivity contribution >= 4 is 45.6 Å². The zero-order chi connectivity index (χ0) is 19.5. The molecule has 1 unspecified atom stereocenters. The molecule has 0 radical (unpaired) electrons. The number of carbonyl (C=O) groups is 1. The first-order valence-corrected chi connectivity index (χ1v) is 10.0. The molecule has 1 aromatic rings. The maximum Gasteiger partial charge on any atom is 0.413 e. The molecule has 0 aliphatic carbocycles. The highest BCUT2D eigenvalue weighted by Gasteiger charge is 2.18. The maximum absolute atomic E-state index is 12.2. The van der Waals surface area contributed by atoms with Crippen molar-refractivity contribution in [3.05, 3.63) is 28.3 Å². The second-order valence-electron chi connectivity index (χ2n) is 5.41. The van der Waals surface area contributed by atoms with Crippen molar-refractivity contribution in [3.63, 3.8) is 0 Å². The molecule has 1 amide bonds. The largest absolute Gasteiger partial charge is 0.449 e. The molecule has 0 saturated carbocycles. The van der Waals surface area contributed by atoms with Gasteiger partial charge in [0.05, 0.1) is 22.3 Å². The molecular weight excluding hydrogens is 378 g/mol. The number of carbonyl (C=O) groups excluding carboxylic acids is 1. The Balaban J connectivity index is 2.79. The first kappa shape index (κ1) is 22.0. The van der Waals surface area contributed by atoms with Gasteiger partial charge in [-0.1, -0.05) is 26.7 Å². The van der Waals surface area contributed by atoms with Gasteiger partial charge in [-0.25, -0.2) is 4.79 Å². The van der Waals surface area contributed by atoms with E-state index in [4.69, 9.17) is 17.0 Å². The standard InChI is InChI=1S/C16H23N3O5S2/c1-3-5-9-24-16(20)18-15(25)17-13-8-7-12(11-14(13)19(21)22)26(23)10-6-4-2/h7-8,11H,3-6,9-10H2,1-2H3,(H2,17,18,20,25). The third kappa shape index (κ3) is 7.44. The second-order valence-corrected chi connectivity index (χ2v) is 7.39. The lowest BCUT2D eigenvalue weighted by atomic mass is 10.2. The Morgan fingerprint density at radius 3 is 2.62 bits per heavy atom. The van der Waals surface area contributed by atoms with E-state index in [1.807, 2.05) is 13.8 Å². The summed E-state index contributed by atoms with van der Waals surface area (Å²) in [5, 5.41) is 16.1. The van der Waals surface area contributed by atoms with Gasteiger partial charge >= 0.3 is 6.09 Å². The van der Waals surface area contributed by atoms with Crippen LogP contribution < -0.4 is 10.6 Å². The van der Waals surface area contributed by atoms with Gasteiger partial charge in [0.15, 0.2) is 5.11 Å². The van der Waals surface area contributed by atoms with E-state index >= 15 is 0 Å². The summed E-state index contributed by atoms with van der Waals surface area (Å²) in [4.78, 5) is 22.6. The normalized spacial score (nSPS) is 11.5. The zero-order valence-electron chi connectivity index (χ0n) is 14.8. The predicted molar refractivity (Wildman–Crippen MR) is 105 cm³/mol. The van der Waals surface area contributed by atoms with E-state index < -0.39 is 21.8 Å². The number of unbranched alkanes of at least 4 members (excludes halogenated alkanes) is 2. The molecule has 1 rings (SSSR count). The number of thiocarbonyl (C=S) groups is 1. The average molecular weight is 402 g/mol. The average Bonchev–Trinajstić information content (AvgIpc) is 2.59. The molecule has 0 aromatic heterocycles. The molecular formula is C16H23N3O5S2. The quantitative estimate of drug-likeness (QED) is 0.281. The van der Waals surface area contributed by atoms with Gasteiger partial charge in [-0.05, 0) is 37.2 Å². The number of nitrogens with one attached hydrogen (secondary N) is 2. The van der Waals surface area contributed by atoms with E-state index in [2.05, 4.69) is 10.6 Å². The van der Waals surface area contributed by atoms with Crippen molar-refractivity contribution in [2.45, 2.75) is 44.4 Å². The van der Waals surface area contributed by atoms with Crippen molar-refractivity contribution in [3.8, 4) is 0 Å². The zero-order valence-corrected chi connectivity index (χ0v) is 16.4. The van der Waals surface area contributed by atoms with Crippen LogP contribution in [0, 0.1) is 10.1 Å². The van der Waals surface area contributed by atoms with Crippen LogP contribution in [0.1, 0.15) is 39.5 Å². The van der Waals surface area contributed by atoms with E-state index in [0.29, 0.717) is 10.6 Å². The lowest BCUT2D eigenvalue weighted by Crippen LogP contribution is -2.34. The van der Waals surface area contributed by atoms with Crippen LogP contribution in [0.4, 0.5) is 16.2 Å². The summed E-state index contributed by atoms with van der Waals surface area (Å²) in [5.41, 5.74) is -0.166.